The highest BCUT2D eigenvalue weighted by molar-refractivity contribution is 7.91. The Morgan fingerprint density at radius 3 is 2.81 bits per heavy atom. The molecule has 0 aromatic heterocycles. The van der Waals surface area contributed by atoms with Crippen molar-refractivity contribution in [3.63, 3.8) is 0 Å². The normalized spacial score (nSPS) is 34.8. The third-order valence-electron chi connectivity index (χ3n) is 3.41. The Bertz CT molecular complexity index is 309. The van der Waals surface area contributed by atoms with Crippen LogP contribution in [0.4, 0.5) is 0 Å². The van der Waals surface area contributed by atoms with E-state index in [0.29, 0.717) is 17.4 Å². The van der Waals surface area contributed by atoms with Crippen LogP contribution in [0.25, 0.3) is 0 Å². The summed E-state index contributed by atoms with van der Waals surface area (Å²) in [5.74, 6) is 1.26. The zero-order chi connectivity index (χ0) is 11.4. The molecule has 0 bridgehead atoms. The summed E-state index contributed by atoms with van der Waals surface area (Å²) in [6, 6.07) is 0.167. The molecule has 2 saturated heterocycles. The quantitative estimate of drug-likeness (QED) is 0.792. The lowest BCUT2D eigenvalue weighted by Gasteiger charge is -2.27. The molecular formula is C11H21NO3S. The summed E-state index contributed by atoms with van der Waals surface area (Å²) in [6.07, 6.45) is 4.13. The third kappa shape index (κ3) is 3.71. The van der Waals surface area contributed by atoms with Crippen LogP contribution in [0.2, 0.25) is 0 Å². The highest BCUT2D eigenvalue weighted by atomic mass is 32.2. The molecular weight excluding hydrogens is 226 g/mol. The van der Waals surface area contributed by atoms with Gasteiger partial charge in [0, 0.05) is 19.2 Å². The van der Waals surface area contributed by atoms with Gasteiger partial charge in [-0.15, -0.1) is 0 Å². The molecule has 2 rings (SSSR count). The number of hydrogen-bond acceptors (Lipinski definition) is 4. The van der Waals surface area contributed by atoms with Crippen LogP contribution in [-0.2, 0) is 14.6 Å². The minimum absolute atomic E-state index is 0.167. The third-order valence-corrected chi connectivity index (χ3v) is 5.23. The maximum absolute atomic E-state index is 11.4. The fourth-order valence-electron chi connectivity index (χ4n) is 2.49. The minimum atomic E-state index is -2.78. The van der Waals surface area contributed by atoms with Crippen molar-refractivity contribution >= 4 is 9.84 Å². The van der Waals surface area contributed by atoms with E-state index in [1.54, 1.807) is 0 Å². The topological polar surface area (TPSA) is 55.4 Å². The number of sulfone groups is 1. The summed E-state index contributed by atoms with van der Waals surface area (Å²) >= 11 is 0. The summed E-state index contributed by atoms with van der Waals surface area (Å²) in [5, 5.41) is 3.39. The molecule has 0 aliphatic carbocycles. The lowest BCUT2D eigenvalue weighted by atomic mass is 10.0. The standard InChI is InChI=1S/C11H21NO3S/c13-16(14)6-2-4-11(9-16)12-7-10-3-1-5-15-8-10/h10-12H,1-9H2. The van der Waals surface area contributed by atoms with Crippen molar-refractivity contribution in [2.24, 2.45) is 5.92 Å². The Morgan fingerprint density at radius 2 is 2.12 bits per heavy atom. The van der Waals surface area contributed by atoms with E-state index in [9.17, 15) is 8.42 Å². The molecule has 2 aliphatic rings. The van der Waals surface area contributed by atoms with Gasteiger partial charge in [0.2, 0.25) is 0 Å². The summed E-state index contributed by atoms with van der Waals surface area (Å²) in [5.41, 5.74) is 0. The van der Waals surface area contributed by atoms with E-state index < -0.39 is 9.84 Å². The molecule has 2 atom stereocenters. The minimum Gasteiger partial charge on any atom is -0.381 e. The average molecular weight is 247 g/mol. The van der Waals surface area contributed by atoms with Crippen LogP contribution in [-0.4, -0.2) is 45.7 Å². The average Bonchev–Trinajstić information content (AvgIpc) is 2.27. The van der Waals surface area contributed by atoms with Gasteiger partial charge in [-0.25, -0.2) is 8.42 Å². The summed E-state index contributed by atoms with van der Waals surface area (Å²) in [4.78, 5) is 0. The van der Waals surface area contributed by atoms with Gasteiger partial charge >= 0.3 is 0 Å². The molecule has 2 aliphatic heterocycles. The molecule has 0 aromatic carbocycles. The van der Waals surface area contributed by atoms with Gasteiger partial charge < -0.3 is 10.1 Å². The van der Waals surface area contributed by atoms with E-state index in [0.717, 1.165) is 39.0 Å². The summed E-state index contributed by atoms with van der Waals surface area (Å²) in [6.45, 7) is 2.61. The van der Waals surface area contributed by atoms with Crippen molar-refractivity contribution in [1.82, 2.24) is 5.32 Å². The van der Waals surface area contributed by atoms with Crippen LogP contribution in [0.3, 0.4) is 0 Å². The molecule has 16 heavy (non-hydrogen) atoms. The largest absolute Gasteiger partial charge is 0.381 e. The number of ether oxygens (including phenoxy) is 1. The zero-order valence-corrected chi connectivity index (χ0v) is 10.5. The maximum Gasteiger partial charge on any atom is 0.151 e. The fourth-order valence-corrected chi connectivity index (χ4v) is 4.16. The van der Waals surface area contributed by atoms with Crippen LogP contribution in [0, 0.1) is 5.92 Å². The van der Waals surface area contributed by atoms with E-state index in [1.165, 1.54) is 6.42 Å². The van der Waals surface area contributed by atoms with Gasteiger partial charge in [0.15, 0.2) is 9.84 Å². The van der Waals surface area contributed by atoms with E-state index >= 15 is 0 Å². The van der Waals surface area contributed by atoms with Crippen molar-refractivity contribution in [3.8, 4) is 0 Å². The number of hydrogen-bond donors (Lipinski definition) is 1. The molecule has 2 heterocycles. The first-order valence-corrected chi connectivity index (χ1v) is 7.99. The molecule has 4 nitrogen and oxygen atoms in total. The van der Waals surface area contributed by atoms with Crippen molar-refractivity contribution in [1.29, 1.82) is 0 Å². The Morgan fingerprint density at radius 1 is 1.25 bits per heavy atom. The zero-order valence-electron chi connectivity index (χ0n) is 9.65. The first-order chi connectivity index (χ1) is 7.66. The van der Waals surface area contributed by atoms with Gasteiger partial charge in [-0.1, -0.05) is 0 Å². The van der Waals surface area contributed by atoms with E-state index in [2.05, 4.69) is 5.32 Å². The Balaban J connectivity index is 1.72. The van der Waals surface area contributed by atoms with Crippen LogP contribution in [0.5, 0.6) is 0 Å². The number of rotatable bonds is 3. The van der Waals surface area contributed by atoms with Crippen LogP contribution < -0.4 is 5.32 Å². The lowest BCUT2D eigenvalue weighted by Crippen LogP contribution is -2.43. The second kappa shape index (κ2) is 5.47. The molecule has 2 unspecified atom stereocenters. The monoisotopic (exact) mass is 247 g/mol. The smallest absolute Gasteiger partial charge is 0.151 e. The van der Waals surface area contributed by atoms with Crippen LogP contribution in [0.1, 0.15) is 25.7 Å². The molecule has 1 N–H and O–H groups in total. The predicted octanol–water partition coefficient (Wildman–Crippen LogP) is 0.580. The van der Waals surface area contributed by atoms with Crippen molar-refractivity contribution < 1.29 is 13.2 Å². The van der Waals surface area contributed by atoms with Gasteiger partial charge in [0.25, 0.3) is 0 Å². The summed E-state index contributed by atoms with van der Waals surface area (Å²) in [7, 11) is -2.78. The SMILES string of the molecule is O=S1(=O)CCCC(NCC2CCCOC2)C1. The molecule has 0 amide bonds. The summed E-state index contributed by atoms with van der Waals surface area (Å²) < 4.78 is 28.3. The van der Waals surface area contributed by atoms with Gasteiger partial charge in [-0.2, -0.15) is 0 Å². The van der Waals surface area contributed by atoms with Crippen molar-refractivity contribution in [2.45, 2.75) is 31.7 Å². The fraction of sp³-hybridized carbons (Fsp3) is 1.00. The predicted molar refractivity (Wildman–Crippen MR) is 63.2 cm³/mol. The van der Waals surface area contributed by atoms with Gasteiger partial charge in [-0.05, 0) is 31.6 Å². The van der Waals surface area contributed by atoms with Gasteiger partial charge in [0.05, 0.1) is 18.1 Å². The van der Waals surface area contributed by atoms with Gasteiger partial charge in [0.1, 0.15) is 0 Å². The lowest BCUT2D eigenvalue weighted by molar-refractivity contribution is 0.0539. The highest BCUT2D eigenvalue weighted by Crippen LogP contribution is 2.15. The van der Waals surface area contributed by atoms with Crippen molar-refractivity contribution in [3.05, 3.63) is 0 Å². The van der Waals surface area contributed by atoms with E-state index in [1.807, 2.05) is 0 Å². The van der Waals surface area contributed by atoms with Crippen LogP contribution >= 0.6 is 0 Å². The number of nitrogens with one attached hydrogen (secondary N) is 1. The Kier molecular flexibility index (Phi) is 4.21. The molecule has 0 saturated carbocycles. The molecule has 0 aromatic rings. The molecule has 0 radical (unpaired) electrons. The Hall–Kier alpha value is -0.130. The van der Waals surface area contributed by atoms with E-state index in [-0.39, 0.29) is 6.04 Å². The molecule has 94 valence electrons. The van der Waals surface area contributed by atoms with E-state index in [4.69, 9.17) is 4.74 Å². The second-order valence-corrected chi connectivity index (χ2v) is 7.17. The molecule has 5 heteroatoms. The second-order valence-electron chi connectivity index (χ2n) is 4.94. The highest BCUT2D eigenvalue weighted by Gasteiger charge is 2.25. The van der Waals surface area contributed by atoms with Crippen molar-refractivity contribution in [2.75, 3.05) is 31.3 Å². The maximum atomic E-state index is 11.4. The van der Waals surface area contributed by atoms with Gasteiger partial charge in [-0.3, -0.25) is 0 Å². The Labute approximate surface area is 97.7 Å². The first kappa shape index (κ1) is 12.3. The van der Waals surface area contributed by atoms with Crippen LogP contribution in [0.15, 0.2) is 0 Å². The first-order valence-electron chi connectivity index (χ1n) is 6.17. The molecule has 0 spiro atoms. The molecule has 2 fully saturated rings.